The molecule has 0 aromatic heterocycles. The first-order valence-corrected chi connectivity index (χ1v) is 9.37. The topological polar surface area (TPSA) is 82.1 Å². The highest BCUT2D eigenvalue weighted by Gasteiger charge is 2.36. The molecule has 1 aromatic rings. The monoisotopic (exact) mass is 393 g/mol. The maximum atomic E-state index is 12.5. The van der Waals surface area contributed by atoms with Gasteiger partial charge in [0.15, 0.2) is 11.5 Å². The molecule has 0 aliphatic carbocycles. The molecule has 2 rings (SSSR count). The van der Waals surface area contributed by atoms with E-state index in [0.717, 1.165) is 33.4 Å². The summed E-state index contributed by atoms with van der Waals surface area (Å²) >= 11 is 0.796. The van der Waals surface area contributed by atoms with Crippen LogP contribution in [0.3, 0.4) is 0 Å². The molecule has 0 N–H and O–H groups in total. The summed E-state index contributed by atoms with van der Waals surface area (Å²) in [4.78, 5) is 37.1. The number of amides is 2. The van der Waals surface area contributed by atoms with Crippen molar-refractivity contribution in [3.63, 3.8) is 0 Å². The minimum absolute atomic E-state index is 0.248. The fourth-order valence-corrected chi connectivity index (χ4v) is 3.48. The minimum Gasteiger partial charge on any atom is -0.490 e. The number of thioether (sulfide) groups is 1. The van der Waals surface area contributed by atoms with Crippen LogP contribution >= 0.6 is 11.8 Å². The number of benzene rings is 1. The average Bonchev–Trinajstić information content (AvgIpc) is 2.89. The van der Waals surface area contributed by atoms with Crippen LogP contribution in [0.4, 0.5) is 4.79 Å². The van der Waals surface area contributed by atoms with Crippen molar-refractivity contribution in [3.8, 4) is 11.5 Å². The van der Waals surface area contributed by atoms with Gasteiger partial charge in [0, 0.05) is 5.56 Å². The molecule has 7 nitrogen and oxygen atoms in total. The van der Waals surface area contributed by atoms with Crippen LogP contribution in [-0.2, 0) is 14.3 Å². The van der Waals surface area contributed by atoms with Crippen molar-refractivity contribution in [1.29, 1.82) is 0 Å². The first-order chi connectivity index (χ1) is 12.8. The van der Waals surface area contributed by atoms with E-state index < -0.39 is 23.7 Å². The second-order valence-corrected chi connectivity index (χ2v) is 6.77. The summed E-state index contributed by atoms with van der Waals surface area (Å²) in [5, 5.41) is -0.498. The Hall–Kier alpha value is -2.48. The third-order valence-electron chi connectivity index (χ3n) is 3.96. The second-order valence-electron chi connectivity index (χ2n) is 5.78. The lowest BCUT2D eigenvalue weighted by Gasteiger charge is -2.18. The summed E-state index contributed by atoms with van der Waals surface area (Å²) in [6.45, 7) is 8.13. The van der Waals surface area contributed by atoms with E-state index in [2.05, 4.69) is 4.74 Å². The lowest BCUT2D eigenvalue weighted by Crippen LogP contribution is -2.34. The highest BCUT2D eigenvalue weighted by atomic mass is 32.2. The van der Waals surface area contributed by atoms with Gasteiger partial charge in [-0.25, -0.2) is 0 Å². The Bertz CT molecular complexity index is 802. The fourth-order valence-electron chi connectivity index (χ4n) is 2.65. The van der Waals surface area contributed by atoms with E-state index >= 15 is 0 Å². The zero-order valence-corrected chi connectivity index (χ0v) is 16.9. The number of methoxy groups -OCH3 is 1. The van der Waals surface area contributed by atoms with E-state index in [1.165, 1.54) is 7.11 Å². The van der Waals surface area contributed by atoms with E-state index in [9.17, 15) is 14.4 Å². The molecule has 27 heavy (non-hydrogen) atoms. The van der Waals surface area contributed by atoms with Gasteiger partial charge in [-0.05, 0) is 62.7 Å². The number of nitrogens with zero attached hydrogens (tertiary/aromatic N) is 1. The Labute approximate surface area is 162 Å². The zero-order chi connectivity index (χ0) is 20.1. The zero-order valence-electron chi connectivity index (χ0n) is 16.1. The summed E-state index contributed by atoms with van der Waals surface area (Å²) in [6.07, 6.45) is 1.64. The molecule has 0 radical (unpaired) electrons. The molecule has 0 bridgehead atoms. The number of imide groups is 1. The van der Waals surface area contributed by atoms with Crippen molar-refractivity contribution in [2.75, 3.05) is 26.9 Å². The van der Waals surface area contributed by atoms with Crippen molar-refractivity contribution >= 4 is 35.0 Å². The van der Waals surface area contributed by atoms with Crippen molar-refractivity contribution in [1.82, 2.24) is 4.90 Å². The lowest BCUT2D eigenvalue weighted by atomic mass is 10.0. The van der Waals surface area contributed by atoms with Crippen LogP contribution in [0.2, 0.25) is 0 Å². The summed E-state index contributed by atoms with van der Waals surface area (Å²) < 4.78 is 16.0. The Morgan fingerprint density at radius 2 is 1.78 bits per heavy atom. The van der Waals surface area contributed by atoms with Crippen LogP contribution in [0.15, 0.2) is 11.0 Å². The van der Waals surface area contributed by atoms with Crippen molar-refractivity contribution in [2.24, 2.45) is 0 Å². The van der Waals surface area contributed by atoms with Crippen molar-refractivity contribution < 1.29 is 28.6 Å². The summed E-state index contributed by atoms with van der Waals surface area (Å²) in [5.74, 6) is 0.136. The van der Waals surface area contributed by atoms with Crippen LogP contribution < -0.4 is 9.47 Å². The molecule has 8 heteroatoms. The number of esters is 1. The number of aryl methyl sites for hydroxylation is 1. The first-order valence-electron chi connectivity index (χ1n) is 8.55. The number of carbonyl (C=O) groups is 3. The molecule has 1 aliphatic heterocycles. The molecule has 0 spiro atoms. The number of carbonyl (C=O) groups excluding carboxylic acids is 3. The van der Waals surface area contributed by atoms with Gasteiger partial charge in [0.25, 0.3) is 11.1 Å². The van der Waals surface area contributed by atoms with Crippen molar-refractivity contribution in [3.05, 3.63) is 27.7 Å². The molecule has 1 heterocycles. The van der Waals surface area contributed by atoms with Gasteiger partial charge in [-0.1, -0.05) is 0 Å². The number of hydrogen-bond donors (Lipinski definition) is 0. The third-order valence-corrected chi connectivity index (χ3v) is 4.87. The Morgan fingerprint density at radius 1 is 1.15 bits per heavy atom. The van der Waals surface area contributed by atoms with Crippen LogP contribution in [0, 0.1) is 13.8 Å². The highest BCUT2D eigenvalue weighted by Crippen LogP contribution is 2.39. The third kappa shape index (κ3) is 4.44. The molecule has 0 unspecified atom stereocenters. The van der Waals surface area contributed by atoms with Gasteiger partial charge in [-0.2, -0.15) is 0 Å². The number of ether oxygens (including phenoxy) is 3. The van der Waals surface area contributed by atoms with E-state index in [-0.39, 0.29) is 4.91 Å². The average molecular weight is 393 g/mol. The molecular formula is C19H23NO6S. The van der Waals surface area contributed by atoms with Gasteiger partial charge >= 0.3 is 5.97 Å². The van der Waals surface area contributed by atoms with Crippen LogP contribution in [0.1, 0.15) is 30.5 Å². The minimum atomic E-state index is -0.648. The number of rotatable bonds is 7. The van der Waals surface area contributed by atoms with Gasteiger partial charge in [0.1, 0.15) is 6.54 Å². The van der Waals surface area contributed by atoms with Gasteiger partial charge in [0.05, 0.1) is 25.2 Å². The maximum absolute atomic E-state index is 12.5. The first kappa shape index (κ1) is 20.8. The SMILES string of the molecule is CCOc1c(C)cc(/C=C2\SC(=O)N(CC(=O)OC)C2=O)c(C)c1OCC. The standard InChI is InChI=1S/C19H23NO6S/c1-6-25-16-11(3)8-13(12(4)17(16)26-7-2)9-14-18(22)20(19(23)27-14)10-15(21)24-5/h8-9H,6-7,10H2,1-5H3/b14-9-. The smallest absolute Gasteiger partial charge is 0.325 e. The second kappa shape index (κ2) is 8.94. The molecule has 1 saturated heterocycles. The quantitative estimate of drug-likeness (QED) is 0.519. The van der Waals surface area contributed by atoms with Gasteiger partial charge in [-0.3, -0.25) is 19.3 Å². The summed E-state index contributed by atoms with van der Waals surface area (Å²) in [6, 6.07) is 1.89. The van der Waals surface area contributed by atoms with Crippen LogP contribution in [0.5, 0.6) is 11.5 Å². The molecule has 1 fully saturated rings. The molecule has 2 amide bonds. The maximum Gasteiger partial charge on any atom is 0.325 e. The van der Waals surface area contributed by atoms with Crippen LogP contribution in [-0.4, -0.2) is 48.9 Å². The molecule has 0 atom stereocenters. The normalized spacial score (nSPS) is 15.4. The molecule has 1 aromatic carbocycles. The predicted molar refractivity (Wildman–Crippen MR) is 103 cm³/mol. The molecule has 1 aliphatic rings. The van der Waals surface area contributed by atoms with E-state index in [0.29, 0.717) is 24.7 Å². The van der Waals surface area contributed by atoms with Crippen molar-refractivity contribution in [2.45, 2.75) is 27.7 Å². The van der Waals surface area contributed by atoms with E-state index in [1.54, 1.807) is 6.08 Å². The number of hydrogen-bond acceptors (Lipinski definition) is 7. The predicted octanol–water partition coefficient (Wildman–Crippen LogP) is 3.31. The van der Waals surface area contributed by atoms with Gasteiger partial charge < -0.3 is 14.2 Å². The lowest BCUT2D eigenvalue weighted by molar-refractivity contribution is -0.143. The Kier molecular flexibility index (Phi) is 6.90. The summed E-state index contributed by atoms with van der Waals surface area (Å²) in [7, 11) is 1.21. The summed E-state index contributed by atoms with van der Waals surface area (Å²) in [5.41, 5.74) is 2.43. The highest BCUT2D eigenvalue weighted by molar-refractivity contribution is 8.18. The van der Waals surface area contributed by atoms with E-state index in [1.807, 2.05) is 33.8 Å². The Balaban J connectivity index is 2.43. The van der Waals surface area contributed by atoms with Gasteiger partial charge in [-0.15, -0.1) is 0 Å². The largest absolute Gasteiger partial charge is 0.490 e. The van der Waals surface area contributed by atoms with E-state index in [4.69, 9.17) is 9.47 Å². The van der Waals surface area contributed by atoms with Crippen LogP contribution in [0.25, 0.3) is 6.08 Å². The Morgan fingerprint density at radius 3 is 2.37 bits per heavy atom. The fraction of sp³-hybridized carbons (Fsp3) is 0.421. The molecular weight excluding hydrogens is 370 g/mol. The molecule has 146 valence electrons. The van der Waals surface area contributed by atoms with Gasteiger partial charge in [0.2, 0.25) is 0 Å². The molecule has 0 saturated carbocycles.